The predicted octanol–water partition coefficient (Wildman–Crippen LogP) is 3.28. The minimum absolute atomic E-state index is 0.539. The zero-order chi connectivity index (χ0) is 16.6. The van der Waals surface area contributed by atoms with Gasteiger partial charge in [-0.25, -0.2) is 4.98 Å². The van der Waals surface area contributed by atoms with Gasteiger partial charge in [-0.15, -0.1) is 0 Å². The molecule has 24 heavy (non-hydrogen) atoms. The summed E-state index contributed by atoms with van der Waals surface area (Å²) >= 11 is 0. The summed E-state index contributed by atoms with van der Waals surface area (Å²) in [6, 6.07) is 13.7. The topological polar surface area (TPSA) is 72.0 Å². The number of ether oxygens (including phenoxy) is 1. The van der Waals surface area contributed by atoms with Crippen LogP contribution in [-0.4, -0.2) is 28.6 Å². The van der Waals surface area contributed by atoms with Crippen molar-refractivity contribution >= 4 is 17.5 Å². The quantitative estimate of drug-likeness (QED) is 0.696. The molecule has 1 aromatic carbocycles. The van der Waals surface area contributed by atoms with Gasteiger partial charge in [-0.3, -0.25) is 4.98 Å². The molecule has 0 aliphatic heterocycles. The van der Waals surface area contributed by atoms with Crippen LogP contribution in [0.4, 0.5) is 17.5 Å². The SMILES string of the molecule is COc1ccc(CCNc2ccnc(Nc3cccnc3)n2)cc1. The normalized spacial score (nSPS) is 10.2. The number of aromatic nitrogens is 3. The second kappa shape index (κ2) is 7.92. The van der Waals surface area contributed by atoms with Crippen molar-refractivity contribution in [2.24, 2.45) is 0 Å². The molecule has 0 fully saturated rings. The van der Waals surface area contributed by atoms with Crippen LogP contribution in [0.5, 0.6) is 5.75 Å². The Hall–Kier alpha value is -3.15. The molecule has 122 valence electrons. The molecular formula is C18H19N5O. The Balaban J connectivity index is 1.54. The van der Waals surface area contributed by atoms with Crippen LogP contribution in [0.15, 0.2) is 61.1 Å². The Bertz CT molecular complexity index is 762. The fourth-order valence-corrected chi connectivity index (χ4v) is 2.21. The van der Waals surface area contributed by atoms with E-state index in [9.17, 15) is 0 Å². The van der Waals surface area contributed by atoms with Crippen LogP contribution in [0.25, 0.3) is 0 Å². The van der Waals surface area contributed by atoms with Crippen molar-refractivity contribution in [2.75, 3.05) is 24.3 Å². The van der Waals surface area contributed by atoms with Gasteiger partial charge in [0.1, 0.15) is 11.6 Å². The molecule has 0 amide bonds. The fourth-order valence-electron chi connectivity index (χ4n) is 2.21. The molecular weight excluding hydrogens is 302 g/mol. The third kappa shape index (κ3) is 4.42. The lowest BCUT2D eigenvalue weighted by atomic mass is 10.1. The number of hydrogen-bond acceptors (Lipinski definition) is 6. The molecule has 0 radical (unpaired) electrons. The van der Waals surface area contributed by atoms with Crippen molar-refractivity contribution in [1.82, 2.24) is 15.0 Å². The molecule has 3 aromatic rings. The first kappa shape index (κ1) is 15.7. The molecule has 2 heterocycles. The summed E-state index contributed by atoms with van der Waals surface area (Å²) in [5.74, 6) is 2.19. The zero-order valence-electron chi connectivity index (χ0n) is 13.4. The van der Waals surface area contributed by atoms with Gasteiger partial charge in [-0.2, -0.15) is 4.98 Å². The molecule has 6 nitrogen and oxygen atoms in total. The second-order valence-corrected chi connectivity index (χ2v) is 5.16. The summed E-state index contributed by atoms with van der Waals surface area (Å²) in [6.07, 6.45) is 6.08. The molecule has 2 aromatic heterocycles. The van der Waals surface area contributed by atoms with Crippen molar-refractivity contribution in [1.29, 1.82) is 0 Å². The molecule has 2 N–H and O–H groups in total. The first-order valence-corrected chi connectivity index (χ1v) is 7.70. The number of methoxy groups -OCH3 is 1. The van der Waals surface area contributed by atoms with Gasteiger partial charge >= 0.3 is 0 Å². The van der Waals surface area contributed by atoms with E-state index in [0.717, 1.165) is 30.2 Å². The number of rotatable bonds is 7. The van der Waals surface area contributed by atoms with Gasteiger partial charge in [0.25, 0.3) is 0 Å². The van der Waals surface area contributed by atoms with Crippen molar-refractivity contribution < 1.29 is 4.74 Å². The van der Waals surface area contributed by atoms with E-state index < -0.39 is 0 Å². The number of benzene rings is 1. The monoisotopic (exact) mass is 321 g/mol. The van der Waals surface area contributed by atoms with Crippen molar-refractivity contribution in [3.8, 4) is 5.75 Å². The number of pyridine rings is 1. The van der Waals surface area contributed by atoms with Crippen LogP contribution in [0.1, 0.15) is 5.56 Å². The van der Waals surface area contributed by atoms with E-state index in [1.54, 1.807) is 25.7 Å². The maximum Gasteiger partial charge on any atom is 0.229 e. The Morgan fingerprint density at radius 2 is 1.92 bits per heavy atom. The van der Waals surface area contributed by atoms with E-state index in [1.165, 1.54) is 5.56 Å². The highest BCUT2D eigenvalue weighted by molar-refractivity contribution is 5.53. The van der Waals surface area contributed by atoms with Gasteiger partial charge in [0, 0.05) is 18.9 Å². The summed E-state index contributed by atoms with van der Waals surface area (Å²) in [4.78, 5) is 12.7. The van der Waals surface area contributed by atoms with Crippen LogP contribution in [0.3, 0.4) is 0 Å². The lowest BCUT2D eigenvalue weighted by Crippen LogP contribution is -2.07. The molecule has 0 spiro atoms. The van der Waals surface area contributed by atoms with Gasteiger partial charge in [0.15, 0.2) is 0 Å². The first-order valence-electron chi connectivity index (χ1n) is 7.70. The second-order valence-electron chi connectivity index (χ2n) is 5.16. The Morgan fingerprint density at radius 3 is 2.67 bits per heavy atom. The van der Waals surface area contributed by atoms with Gasteiger partial charge in [-0.05, 0) is 42.3 Å². The summed E-state index contributed by atoms with van der Waals surface area (Å²) < 4.78 is 5.16. The van der Waals surface area contributed by atoms with Crippen molar-refractivity contribution in [3.63, 3.8) is 0 Å². The Labute approximate surface area is 141 Å². The average Bonchev–Trinajstić information content (AvgIpc) is 2.63. The predicted molar refractivity (Wildman–Crippen MR) is 94.7 cm³/mol. The van der Waals surface area contributed by atoms with Gasteiger partial charge in [0.2, 0.25) is 5.95 Å². The lowest BCUT2D eigenvalue weighted by molar-refractivity contribution is 0.414. The van der Waals surface area contributed by atoms with E-state index in [4.69, 9.17) is 4.74 Å². The third-order valence-electron chi connectivity index (χ3n) is 3.45. The summed E-state index contributed by atoms with van der Waals surface area (Å²) in [5.41, 5.74) is 2.10. The molecule has 0 atom stereocenters. The Kier molecular flexibility index (Phi) is 5.19. The number of anilines is 3. The standard InChI is InChI=1S/C18H19N5O/c1-24-16-6-4-14(5-7-16)8-11-20-17-9-12-21-18(23-17)22-15-3-2-10-19-13-15/h2-7,9-10,12-13H,8,11H2,1H3,(H2,20,21,22,23). The summed E-state index contributed by atoms with van der Waals surface area (Å²) in [7, 11) is 1.67. The number of hydrogen-bond donors (Lipinski definition) is 2. The molecule has 0 bridgehead atoms. The third-order valence-corrected chi connectivity index (χ3v) is 3.45. The van der Waals surface area contributed by atoms with E-state index in [2.05, 4.69) is 37.7 Å². The number of nitrogens with zero attached hydrogens (tertiary/aromatic N) is 3. The highest BCUT2D eigenvalue weighted by Crippen LogP contribution is 2.14. The van der Waals surface area contributed by atoms with Crippen LogP contribution in [0, 0.1) is 0 Å². The molecule has 6 heteroatoms. The smallest absolute Gasteiger partial charge is 0.229 e. The van der Waals surface area contributed by atoms with E-state index >= 15 is 0 Å². The lowest BCUT2D eigenvalue weighted by Gasteiger charge is -2.08. The molecule has 0 aliphatic carbocycles. The zero-order valence-corrected chi connectivity index (χ0v) is 13.4. The van der Waals surface area contributed by atoms with E-state index in [1.807, 2.05) is 30.3 Å². The maximum atomic E-state index is 5.16. The van der Waals surface area contributed by atoms with Crippen LogP contribution >= 0.6 is 0 Å². The van der Waals surface area contributed by atoms with E-state index in [-0.39, 0.29) is 0 Å². The van der Waals surface area contributed by atoms with Gasteiger partial charge in [0.05, 0.1) is 19.0 Å². The molecule has 0 unspecified atom stereocenters. The first-order chi connectivity index (χ1) is 11.8. The fraction of sp³-hybridized carbons (Fsp3) is 0.167. The van der Waals surface area contributed by atoms with Crippen molar-refractivity contribution in [2.45, 2.75) is 6.42 Å². The van der Waals surface area contributed by atoms with Crippen LogP contribution in [0.2, 0.25) is 0 Å². The molecule has 0 aliphatic rings. The molecule has 3 rings (SSSR count). The maximum absolute atomic E-state index is 5.16. The Morgan fingerprint density at radius 1 is 1.04 bits per heavy atom. The summed E-state index contributed by atoms with van der Waals surface area (Å²) in [6.45, 7) is 0.787. The van der Waals surface area contributed by atoms with Crippen LogP contribution < -0.4 is 15.4 Å². The molecule has 0 saturated heterocycles. The summed E-state index contributed by atoms with van der Waals surface area (Å²) in [5, 5.41) is 6.44. The highest BCUT2D eigenvalue weighted by Gasteiger charge is 2.00. The van der Waals surface area contributed by atoms with Gasteiger partial charge in [-0.1, -0.05) is 12.1 Å². The van der Waals surface area contributed by atoms with E-state index in [0.29, 0.717) is 5.95 Å². The number of nitrogens with one attached hydrogen (secondary N) is 2. The highest BCUT2D eigenvalue weighted by atomic mass is 16.5. The molecule has 0 saturated carbocycles. The van der Waals surface area contributed by atoms with Gasteiger partial charge < -0.3 is 15.4 Å². The largest absolute Gasteiger partial charge is 0.497 e. The minimum Gasteiger partial charge on any atom is -0.497 e. The minimum atomic E-state index is 0.539. The van der Waals surface area contributed by atoms with Crippen LogP contribution in [-0.2, 0) is 6.42 Å². The van der Waals surface area contributed by atoms with Crippen molar-refractivity contribution in [3.05, 3.63) is 66.6 Å². The average molecular weight is 321 g/mol.